The highest BCUT2D eigenvalue weighted by molar-refractivity contribution is 6.47. The molecular weight excluding hydrogens is 263 g/mol. The monoisotopic (exact) mass is 286 g/mol. The summed E-state index contributed by atoms with van der Waals surface area (Å²) in [5.74, 6) is 3.13. The summed E-state index contributed by atoms with van der Waals surface area (Å²) in [6.07, 6.45) is 3.68. The van der Waals surface area contributed by atoms with Crippen LogP contribution < -0.4 is 0 Å². The fraction of sp³-hybridized carbons (Fsp3) is 0.647. The molecule has 21 heavy (non-hydrogen) atoms. The van der Waals surface area contributed by atoms with E-state index in [1.54, 1.807) is 0 Å². The van der Waals surface area contributed by atoms with Crippen LogP contribution in [0.3, 0.4) is 0 Å². The molecule has 0 radical (unpaired) electrons. The van der Waals surface area contributed by atoms with E-state index >= 15 is 0 Å². The first-order chi connectivity index (χ1) is 10.4. The average molecular weight is 286 g/mol. The van der Waals surface area contributed by atoms with Crippen molar-refractivity contribution in [3.63, 3.8) is 0 Å². The third-order valence-electron chi connectivity index (χ3n) is 5.06. The maximum Gasteiger partial charge on any atom is 0.460 e. The van der Waals surface area contributed by atoms with Crippen molar-refractivity contribution in [2.45, 2.75) is 31.7 Å². The fourth-order valence-electron chi connectivity index (χ4n) is 3.68. The molecule has 1 aromatic carbocycles. The summed E-state index contributed by atoms with van der Waals surface area (Å²) in [5, 5.41) is 0. The quantitative estimate of drug-likeness (QED) is 0.752. The maximum absolute atomic E-state index is 5.87. The molecule has 3 aliphatic rings. The van der Waals surface area contributed by atoms with E-state index in [1.807, 2.05) is 6.07 Å². The van der Waals surface area contributed by atoms with Gasteiger partial charge in [-0.3, -0.25) is 0 Å². The molecule has 3 nitrogen and oxygen atoms in total. The van der Waals surface area contributed by atoms with Crippen LogP contribution in [0.2, 0.25) is 5.82 Å². The predicted molar refractivity (Wildman–Crippen MR) is 81.8 cm³/mol. The number of ether oxygens (including phenoxy) is 1. The Morgan fingerprint density at radius 3 is 2.67 bits per heavy atom. The Hall–Kier alpha value is -0.835. The van der Waals surface area contributed by atoms with Crippen molar-refractivity contribution in [3.05, 3.63) is 35.9 Å². The molecule has 1 heterocycles. The zero-order valence-corrected chi connectivity index (χ0v) is 12.4. The zero-order valence-electron chi connectivity index (χ0n) is 12.4. The molecule has 0 aromatic heterocycles. The van der Waals surface area contributed by atoms with Crippen LogP contribution in [-0.4, -0.2) is 26.9 Å². The standard InChI is InChI=1S/C17H23BO3/c1-2-5-13(6-3-1)11-19-12-14-9-15(14)16-10-17(16)18-20-7-4-8-21-18/h1-3,5-6,14-17H,4,7-12H2/t14-,15-,16-,17-/m0/s1. The summed E-state index contributed by atoms with van der Waals surface area (Å²) < 4.78 is 17.3. The number of benzene rings is 1. The van der Waals surface area contributed by atoms with Gasteiger partial charge in [0.1, 0.15) is 0 Å². The first-order valence-corrected chi connectivity index (χ1v) is 8.26. The van der Waals surface area contributed by atoms with E-state index in [0.717, 1.165) is 50.6 Å². The van der Waals surface area contributed by atoms with Gasteiger partial charge in [-0.1, -0.05) is 30.3 Å². The van der Waals surface area contributed by atoms with Crippen molar-refractivity contribution < 1.29 is 14.0 Å². The van der Waals surface area contributed by atoms with Gasteiger partial charge in [-0.2, -0.15) is 0 Å². The van der Waals surface area contributed by atoms with E-state index in [2.05, 4.69) is 24.3 Å². The molecular formula is C17H23BO3. The minimum absolute atomic E-state index is 0.0928. The molecule has 4 rings (SSSR count). The Kier molecular flexibility index (Phi) is 4.02. The van der Waals surface area contributed by atoms with Crippen molar-refractivity contribution in [1.29, 1.82) is 0 Å². The summed E-state index contributed by atoms with van der Waals surface area (Å²) in [4.78, 5) is 0. The lowest BCUT2D eigenvalue weighted by Crippen LogP contribution is -2.30. The molecule has 0 N–H and O–H groups in total. The highest BCUT2D eigenvalue weighted by Gasteiger charge is 2.58. The molecule has 4 atom stereocenters. The Morgan fingerprint density at radius 2 is 1.86 bits per heavy atom. The molecule has 2 saturated carbocycles. The Labute approximate surface area is 127 Å². The van der Waals surface area contributed by atoms with Crippen LogP contribution in [0, 0.1) is 17.8 Å². The molecule has 4 heteroatoms. The van der Waals surface area contributed by atoms with Crippen molar-refractivity contribution in [2.75, 3.05) is 19.8 Å². The van der Waals surface area contributed by atoms with E-state index in [0.29, 0.717) is 5.82 Å². The highest BCUT2D eigenvalue weighted by Crippen LogP contribution is 2.62. The Balaban J connectivity index is 1.16. The normalized spacial score (nSPS) is 34.8. The van der Waals surface area contributed by atoms with Crippen LogP contribution in [0.15, 0.2) is 30.3 Å². The molecule has 0 unspecified atom stereocenters. The van der Waals surface area contributed by atoms with Gasteiger partial charge in [0.15, 0.2) is 0 Å². The molecule has 1 saturated heterocycles. The van der Waals surface area contributed by atoms with Gasteiger partial charge in [-0.05, 0) is 48.4 Å². The summed E-state index contributed by atoms with van der Waals surface area (Å²) >= 11 is 0. The Morgan fingerprint density at radius 1 is 1.05 bits per heavy atom. The van der Waals surface area contributed by atoms with Gasteiger partial charge in [0.05, 0.1) is 13.2 Å². The molecule has 0 bridgehead atoms. The summed E-state index contributed by atoms with van der Waals surface area (Å²) in [6, 6.07) is 10.4. The highest BCUT2D eigenvalue weighted by atomic mass is 16.6. The lowest BCUT2D eigenvalue weighted by atomic mass is 9.78. The van der Waals surface area contributed by atoms with Crippen LogP contribution in [0.5, 0.6) is 0 Å². The van der Waals surface area contributed by atoms with E-state index in [4.69, 9.17) is 14.0 Å². The molecule has 3 fully saturated rings. The third kappa shape index (κ3) is 3.33. The first-order valence-electron chi connectivity index (χ1n) is 8.26. The van der Waals surface area contributed by atoms with Gasteiger partial charge in [0.25, 0.3) is 0 Å². The van der Waals surface area contributed by atoms with E-state index in [-0.39, 0.29) is 7.12 Å². The SMILES string of the molecule is c1ccc(COC[C@@H]2C[C@@H]2[C@@H]2C[C@@H]2B2OCCCO2)cc1. The number of hydrogen-bond acceptors (Lipinski definition) is 3. The number of hydrogen-bond donors (Lipinski definition) is 0. The summed E-state index contributed by atoms with van der Waals surface area (Å²) in [5.41, 5.74) is 1.27. The van der Waals surface area contributed by atoms with E-state index in [9.17, 15) is 0 Å². The zero-order chi connectivity index (χ0) is 14.1. The second-order valence-corrected chi connectivity index (χ2v) is 6.69. The lowest BCUT2D eigenvalue weighted by Gasteiger charge is -2.19. The topological polar surface area (TPSA) is 27.7 Å². The first kappa shape index (κ1) is 13.8. The largest absolute Gasteiger partial charge is 0.460 e. The fourth-order valence-corrected chi connectivity index (χ4v) is 3.68. The summed E-state index contributed by atoms with van der Waals surface area (Å²) in [7, 11) is 0.0928. The molecule has 0 amide bonds. The minimum atomic E-state index is 0.0928. The second-order valence-electron chi connectivity index (χ2n) is 6.69. The van der Waals surface area contributed by atoms with Crippen molar-refractivity contribution >= 4 is 7.12 Å². The van der Waals surface area contributed by atoms with E-state index in [1.165, 1.54) is 18.4 Å². The van der Waals surface area contributed by atoms with Crippen LogP contribution in [-0.2, 0) is 20.7 Å². The number of rotatable bonds is 6. The van der Waals surface area contributed by atoms with Gasteiger partial charge >= 0.3 is 7.12 Å². The minimum Gasteiger partial charge on any atom is -0.411 e. The van der Waals surface area contributed by atoms with Gasteiger partial charge in [-0.25, -0.2) is 0 Å². The van der Waals surface area contributed by atoms with Crippen molar-refractivity contribution in [2.24, 2.45) is 17.8 Å². The van der Waals surface area contributed by atoms with Crippen LogP contribution in [0.25, 0.3) is 0 Å². The van der Waals surface area contributed by atoms with Crippen LogP contribution >= 0.6 is 0 Å². The predicted octanol–water partition coefficient (Wildman–Crippen LogP) is 3.15. The van der Waals surface area contributed by atoms with Gasteiger partial charge in [-0.15, -0.1) is 0 Å². The molecule has 1 aromatic rings. The smallest absolute Gasteiger partial charge is 0.411 e. The van der Waals surface area contributed by atoms with Crippen LogP contribution in [0.4, 0.5) is 0 Å². The maximum atomic E-state index is 5.87. The lowest BCUT2D eigenvalue weighted by molar-refractivity contribution is 0.106. The summed E-state index contributed by atoms with van der Waals surface area (Å²) in [6.45, 7) is 3.41. The van der Waals surface area contributed by atoms with Crippen molar-refractivity contribution in [3.8, 4) is 0 Å². The molecule has 1 aliphatic heterocycles. The van der Waals surface area contributed by atoms with Crippen LogP contribution in [0.1, 0.15) is 24.8 Å². The van der Waals surface area contributed by atoms with Gasteiger partial charge in [0, 0.05) is 13.2 Å². The second kappa shape index (κ2) is 6.11. The molecule has 112 valence electrons. The molecule has 0 spiro atoms. The third-order valence-corrected chi connectivity index (χ3v) is 5.06. The van der Waals surface area contributed by atoms with Gasteiger partial charge < -0.3 is 14.0 Å². The van der Waals surface area contributed by atoms with Gasteiger partial charge in [0.2, 0.25) is 0 Å². The average Bonchev–Trinajstić information content (AvgIpc) is 3.43. The Bertz CT molecular complexity index is 460. The molecule has 2 aliphatic carbocycles. The van der Waals surface area contributed by atoms with Crippen molar-refractivity contribution in [1.82, 2.24) is 0 Å². The van der Waals surface area contributed by atoms with E-state index < -0.39 is 0 Å².